The molecule has 6 heteroatoms. The third-order valence-corrected chi connectivity index (χ3v) is 4.85. The summed E-state index contributed by atoms with van der Waals surface area (Å²) in [6, 6.07) is 1.81. The van der Waals surface area contributed by atoms with Crippen molar-refractivity contribution in [3.05, 3.63) is 21.9 Å². The first-order chi connectivity index (χ1) is 9.81. The van der Waals surface area contributed by atoms with E-state index in [1.165, 1.54) is 22.8 Å². The lowest BCUT2D eigenvalue weighted by Gasteiger charge is -2.25. The molecule has 0 saturated carbocycles. The van der Waals surface area contributed by atoms with Crippen molar-refractivity contribution in [3.63, 3.8) is 0 Å². The van der Waals surface area contributed by atoms with Gasteiger partial charge in [-0.3, -0.25) is 9.69 Å². The molecule has 1 aromatic heterocycles. The summed E-state index contributed by atoms with van der Waals surface area (Å²) in [5.41, 5.74) is 0.691. The van der Waals surface area contributed by atoms with Crippen molar-refractivity contribution in [2.24, 2.45) is 0 Å². The molecule has 1 aromatic rings. The van der Waals surface area contributed by atoms with E-state index >= 15 is 0 Å². The average molecular weight is 310 g/mol. The van der Waals surface area contributed by atoms with Crippen LogP contribution in [0.3, 0.4) is 0 Å². The number of amides is 1. The highest BCUT2D eigenvalue weighted by atomic mass is 32.2. The Hall–Kier alpha value is -1.00. The Balaban J connectivity index is 1.81. The number of nitrogens with zero attached hydrogens (tertiary/aromatic N) is 1. The predicted molar refractivity (Wildman–Crippen MR) is 84.4 cm³/mol. The lowest BCUT2D eigenvalue weighted by molar-refractivity contribution is 0.0953. The molecule has 20 heavy (non-hydrogen) atoms. The zero-order valence-corrected chi connectivity index (χ0v) is 12.9. The van der Waals surface area contributed by atoms with Crippen LogP contribution >= 0.6 is 23.1 Å². The standard InChI is InChI=1S/C14H18N2O2S2/c17-8-1-2-12-3-9-20-13(12)14(18)15-4-5-16-6-10-19-11-7-16/h3,9,17H,4-8,10-11H2,(H,15,18). The maximum atomic E-state index is 12.1. The molecule has 108 valence electrons. The van der Waals surface area contributed by atoms with Gasteiger partial charge in [-0.25, -0.2) is 0 Å². The van der Waals surface area contributed by atoms with E-state index in [0.717, 1.165) is 19.6 Å². The SMILES string of the molecule is O=C(NCCN1CCSCC1)c1sccc1C#CCO. The van der Waals surface area contributed by atoms with Crippen LogP contribution in [0.1, 0.15) is 15.2 Å². The monoisotopic (exact) mass is 310 g/mol. The number of carbonyl (C=O) groups is 1. The number of rotatable bonds is 4. The molecule has 0 atom stereocenters. The van der Waals surface area contributed by atoms with Gasteiger partial charge in [0.1, 0.15) is 11.5 Å². The first kappa shape index (κ1) is 15.4. The van der Waals surface area contributed by atoms with Crippen LogP contribution in [-0.2, 0) is 0 Å². The highest BCUT2D eigenvalue weighted by Crippen LogP contribution is 2.15. The summed E-state index contributed by atoms with van der Waals surface area (Å²) < 4.78 is 0. The van der Waals surface area contributed by atoms with Gasteiger partial charge >= 0.3 is 0 Å². The Kier molecular flexibility index (Phi) is 6.40. The molecule has 0 aromatic carbocycles. The average Bonchev–Trinajstić information content (AvgIpc) is 2.94. The highest BCUT2D eigenvalue weighted by Gasteiger charge is 2.13. The summed E-state index contributed by atoms with van der Waals surface area (Å²) in [6.07, 6.45) is 0. The van der Waals surface area contributed by atoms with Gasteiger partial charge in [0, 0.05) is 43.2 Å². The van der Waals surface area contributed by atoms with Crippen molar-refractivity contribution in [2.45, 2.75) is 0 Å². The van der Waals surface area contributed by atoms with Gasteiger partial charge in [0.15, 0.2) is 0 Å². The predicted octanol–water partition coefficient (Wildman–Crippen LogP) is 0.871. The quantitative estimate of drug-likeness (QED) is 0.811. The first-order valence-electron chi connectivity index (χ1n) is 6.57. The topological polar surface area (TPSA) is 52.6 Å². The fraction of sp³-hybridized carbons (Fsp3) is 0.500. The molecule has 0 radical (unpaired) electrons. The minimum atomic E-state index is -0.191. The number of hydrogen-bond donors (Lipinski definition) is 2. The van der Waals surface area contributed by atoms with Crippen molar-refractivity contribution in [1.82, 2.24) is 10.2 Å². The smallest absolute Gasteiger partial charge is 0.262 e. The molecular weight excluding hydrogens is 292 g/mol. The molecule has 0 bridgehead atoms. The van der Waals surface area contributed by atoms with Crippen molar-refractivity contribution >= 4 is 29.0 Å². The van der Waals surface area contributed by atoms with Crippen molar-refractivity contribution < 1.29 is 9.90 Å². The molecule has 4 nitrogen and oxygen atoms in total. The molecule has 2 rings (SSSR count). The molecule has 1 saturated heterocycles. The van der Waals surface area contributed by atoms with E-state index in [0.29, 0.717) is 17.0 Å². The fourth-order valence-corrected chi connectivity index (χ4v) is 3.70. The van der Waals surface area contributed by atoms with E-state index < -0.39 is 0 Å². The van der Waals surface area contributed by atoms with Gasteiger partial charge < -0.3 is 10.4 Å². The zero-order chi connectivity index (χ0) is 14.2. The lowest BCUT2D eigenvalue weighted by Crippen LogP contribution is -2.39. The summed E-state index contributed by atoms with van der Waals surface area (Å²) in [5, 5.41) is 13.5. The largest absolute Gasteiger partial charge is 0.384 e. The Bertz CT molecular complexity index is 499. The summed E-state index contributed by atoms with van der Waals surface area (Å²) in [4.78, 5) is 15.1. The summed E-state index contributed by atoms with van der Waals surface area (Å²) in [5.74, 6) is 7.66. The molecule has 1 aliphatic rings. The van der Waals surface area contributed by atoms with Crippen molar-refractivity contribution in [1.29, 1.82) is 0 Å². The third-order valence-electron chi connectivity index (χ3n) is 2.99. The fourth-order valence-electron chi connectivity index (χ4n) is 1.95. The van der Waals surface area contributed by atoms with Gasteiger partial charge in [-0.1, -0.05) is 11.8 Å². The molecule has 1 amide bonds. The van der Waals surface area contributed by atoms with Gasteiger partial charge in [0.05, 0.1) is 0 Å². The first-order valence-corrected chi connectivity index (χ1v) is 8.60. The number of hydrogen-bond acceptors (Lipinski definition) is 5. The second kappa shape index (κ2) is 8.32. The number of thioether (sulfide) groups is 1. The Morgan fingerprint density at radius 2 is 2.25 bits per heavy atom. The normalized spacial score (nSPS) is 15.4. The minimum Gasteiger partial charge on any atom is -0.384 e. The van der Waals surface area contributed by atoms with Gasteiger partial charge in [0.25, 0.3) is 5.91 Å². The van der Waals surface area contributed by atoms with Crippen LogP contribution < -0.4 is 5.32 Å². The van der Waals surface area contributed by atoms with E-state index in [1.807, 2.05) is 23.2 Å². The zero-order valence-electron chi connectivity index (χ0n) is 11.2. The Morgan fingerprint density at radius 1 is 1.45 bits per heavy atom. The minimum absolute atomic E-state index is 0.0753. The van der Waals surface area contributed by atoms with Crippen molar-refractivity contribution in [3.8, 4) is 11.8 Å². The van der Waals surface area contributed by atoms with Crippen molar-refractivity contribution in [2.75, 3.05) is 44.3 Å². The summed E-state index contributed by atoms with van der Waals surface area (Å²) >= 11 is 3.36. The molecular formula is C14H18N2O2S2. The summed E-state index contributed by atoms with van der Waals surface area (Å²) in [6.45, 7) is 3.58. The second-order valence-electron chi connectivity index (χ2n) is 4.33. The summed E-state index contributed by atoms with van der Waals surface area (Å²) in [7, 11) is 0. The molecule has 1 fully saturated rings. The van der Waals surface area contributed by atoms with E-state index in [4.69, 9.17) is 5.11 Å². The lowest BCUT2D eigenvalue weighted by atomic mass is 10.2. The number of carbonyl (C=O) groups excluding carboxylic acids is 1. The highest BCUT2D eigenvalue weighted by molar-refractivity contribution is 7.99. The van der Waals surface area contributed by atoms with Crippen LogP contribution in [0.5, 0.6) is 0 Å². The molecule has 1 aliphatic heterocycles. The van der Waals surface area contributed by atoms with Gasteiger partial charge in [-0.2, -0.15) is 11.8 Å². The van der Waals surface area contributed by atoms with E-state index in [2.05, 4.69) is 22.1 Å². The van der Waals surface area contributed by atoms with Crippen LogP contribution in [0.25, 0.3) is 0 Å². The number of nitrogens with one attached hydrogen (secondary N) is 1. The molecule has 0 spiro atoms. The number of aliphatic hydroxyl groups is 1. The van der Waals surface area contributed by atoms with Gasteiger partial charge in [-0.15, -0.1) is 11.3 Å². The van der Waals surface area contributed by atoms with Crippen LogP contribution in [-0.4, -0.2) is 60.2 Å². The molecule has 2 N–H and O–H groups in total. The second-order valence-corrected chi connectivity index (χ2v) is 6.47. The maximum Gasteiger partial charge on any atom is 0.262 e. The number of aliphatic hydroxyl groups excluding tert-OH is 1. The van der Waals surface area contributed by atoms with E-state index in [9.17, 15) is 4.79 Å². The van der Waals surface area contributed by atoms with E-state index in [-0.39, 0.29) is 12.5 Å². The van der Waals surface area contributed by atoms with Gasteiger partial charge in [0.2, 0.25) is 0 Å². The third kappa shape index (κ3) is 4.53. The van der Waals surface area contributed by atoms with Crippen LogP contribution in [0.15, 0.2) is 11.4 Å². The number of thiophene rings is 1. The molecule has 0 unspecified atom stereocenters. The Morgan fingerprint density at radius 3 is 3.00 bits per heavy atom. The maximum absolute atomic E-state index is 12.1. The van der Waals surface area contributed by atoms with Crippen LogP contribution in [0, 0.1) is 11.8 Å². The Labute approximate surface area is 127 Å². The van der Waals surface area contributed by atoms with Gasteiger partial charge in [-0.05, 0) is 11.4 Å². The molecule has 0 aliphatic carbocycles. The van der Waals surface area contributed by atoms with Crippen LogP contribution in [0.4, 0.5) is 0 Å². The molecule has 2 heterocycles. The van der Waals surface area contributed by atoms with Crippen LogP contribution in [0.2, 0.25) is 0 Å². The van der Waals surface area contributed by atoms with E-state index in [1.54, 1.807) is 0 Å².